The molecule has 4 nitrogen and oxygen atoms in total. The lowest BCUT2D eigenvalue weighted by molar-refractivity contribution is -0.124. The van der Waals surface area contributed by atoms with Gasteiger partial charge in [-0.1, -0.05) is 11.6 Å². The van der Waals surface area contributed by atoms with Crippen LogP contribution in [0.5, 0.6) is 0 Å². The van der Waals surface area contributed by atoms with Crippen molar-refractivity contribution in [2.45, 2.75) is 31.8 Å². The standard InChI is InChI=1S/C15H20ClN3O/c1-19(9-13-3-2-12(16)8-17-13)14-4-10-6-15(20)18-7-11(10)5-14/h2-3,8,10-11,14H,4-7,9H2,1H3,(H,18,20)/t10-,11+,14-/m0/s1. The van der Waals surface area contributed by atoms with Gasteiger partial charge in [0, 0.05) is 31.7 Å². The van der Waals surface area contributed by atoms with E-state index in [1.54, 1.807) is 6.20 Å². The van der Waals surface area contributed by atoms with Gasteiger partial charge in [0.25, 0.3) is 0 Å². The molecule has 3 rings (SSSR count). The predicted molar refractivity (Wildman–Crippen MR) is 78.3 cm³/mol. The minimum atomic E-state index is 0.217. The highest BCUT2D eigenvalue weighted by Gasteiger charge is 2.39. The van der Waals surface area contributed by atoms with Gasteiger partial charge in [0.2, 0.25) is 5.91 Å². The van der Waals surface area contributed by atoms with Gasteiger partial charge in [-0.05, 0) is 43.9 Å². The molecule has 20 heavy (non-hydrogen) atoms. The number of piperidine rings is 1. The first-order valence-electron chi connectivity index (χ1n) is 7.19. The number of pyridine rings is 1. The fourth-order valence-electron chi connectivity index (χ4n) is 3.48. The highest BCUT2D eigenvalue weighted by Crippen LogP contribution is 2.38. The van der Waals surface area contributed by atoms with Crippen molar-refractivity contribution in [1.82, 2.24) is 15.2 Å². The summed E-state index contributed by atoms with van der Waals surface area (Å²) in [7, 11) is 2.15. The second-order valence-electron chi connectivity index (χ2n) is 6.04. The molecule has 1 N–H and O–H groups in total. The van der Waals surface area contributed by atoms with Crippen molar-refractivity contribution in [3.05, 3.63) is 29.0 Å². The highest BCUT2D eigenvalue weighted by atomic mass is 35.5. The molecule has 1 aliphatic carbocycles. The Balaban J connectivity index is 1.59. The summed E-state index contributed by atoms with van der Waals surface area (Å²) >= 11 is 5.86. The Labute approximate surface area is 124 Å². The summed E-state index contributed by atoms with van der Waals surface area (Å²) in [6, 6.07) is 4.41. The van der Waals surface area contributed by atoms with Crippen LogP contribution < -0.4 is 5.32 Å². The number of fused-ring (bicyclic) bond motifs is 1. The monoisotopic (exact) mass is 293 g/mol. The van der Waals surface area contributed by atoms with Crippen LogP contribution in [0.25, 0.3) is 0 Å². The van der Waals surface area contributed by atoms with E-state index in [-0.39, 0.29) is 5.91 Å². The molecular formula is C15H20ClN3O. The summed E-state index contributed by atoms with van der Waals surface area (Å²) in [5.74, 6) is 1.43. The van der Waals surface area contributed by atoms with E-state index in [2.05, 4.69) is 22.2 Å². The molecule has 2 aliphatic rings. The molecule has 0 radical (unpaired) electrons. The minimum Gasteiger partial charge on any atom is -0.356 e. The van der Waals surface area contributed by atoms with E-state index in [9.17, 15) is 4.79 Å². The second kappa shape index (κ2) is 5.70. The van der Waals surface area contributed by atoms with Crippen molar-refractivity contribution in [2.75, 3.05) is 13.6 Å². The van der Waals surface area contributed by atoms with Crippen LogP contribution in [-0.2, 0) is 11.3 Å². The molecule has 1 aromatic heterocycles. The zero-order valence-electron chi connectivity index (χ0n) is 11.7. The molecule has 0 spiro atoms. The van der Waals surface area contributed by atoms with Gasteiger partial charge in [-0.15, -0.1) is 0 Å². The number of halogens is 1. The SMILES string of the molecule is CN(Cc1ccc(Cl)cn1)[C@H]1C[C@H]2CC(=O)NC[C@H]2C1. The Morgan fingerprint density at radius 1 is 1.40 bits per heavy atom. The summed E-state index contributed by atoms with van der Waals surface area (Å²) in [5, 5.41) is 3.66. The third-order valence-electron chi connectivity index (χ3n) is 4.65. The number of rotatable bonds is 3. The number of nitrogens with zero attached hydrogens (tertiary/aromatic N) is 2. The third kappa shape index (κ3) is 2.96. The lowest BCUT2D eigenvalue weighted by atomic mass is 9.89. The molecule has 0 unspecified atom stereocenters. The average Bonchev–Trinajstić information content (AvgIpc) is 2.84. The van der Waals surface area contributed by atoms with Gasteiger partial charge in [0.15, 0.2) is 0 Å². The first-order chi connectivity index (χ1) is 9.61. The van der Waals surface area contributed by atoms with Crippen LogP contribution >= 0.6 is 11.6 Å². The van der Waals surface area contributed by atoms with E-state index in [0.717, 1.165) is 25.2 Å². The smallest absolute Gasteiger partial charge is 0.220 e. The molecule has 1 aliphatic heterocycles. The normalized spacial score (nSPS) is 29.4. The van der Waals surface area contributed by atoms with Gasteiger partial charge >= 0.3 is 0 Å². The van der Waals surface area contributed by atoms with E-state index in [0.29, 0.717) is 29.3 Å². The predicted octanol–water partition coefficient (Wildman–Crippen LogP) is 2.08. The lowest BCUT2D eigenvalue weighted by Gasteiger charge is -2.24. The van der Waals surface area contributed by atoms with Crippen LogP contribution in [0, 0.1) is 11.8 Å². The Kier molecular flexibility index (Phi) is 3.94. The Hall–Kier alpha value is -1.13. The maximum atomic E-state index is 11.5. The molecule has 2 heterocycles. The van der Waals surface area contributed by atoms with Gasteiger partial charge in [-0.25, -0.2) is 0 Å². The molecule has 1 saturated carbocycles. The van der Waals surface area contributed by atoms with Crippen molar-refractivity contribution < 1.29 is 4.79 Å². The highest BCUT2D eigenvalue weighted by molar-refractivity contribution is 6.30. The van der Waals surface area contributed by atoms with Crippen molar-refractivity contribution in [3.63, 3.8) is 0 Å². The topological polar surface area (TPSA) is 45.2 Å². The zero-order chi connectivity index (χ0) is 14.1. The van der Waals surface area contributed by atoms with Crippen LogP contribution in [0.4, 0.5) is 0 Å². The number of carbonyl (C=O) groups is 1. The Morgan fingerprint density at radius 3 is 2.95 bits per heavy atom. The van der Waals surface area contributed by atoms with E-state index >= 15 is 0 Å². The van der Waals surface area contributed by atoms with Gasteiger partial charge in [0.1, 0.15) is 0 Å². The summed E-state index contributed by atoms with van der Waals surface area (Å²) in [6.45, 7) is 1.69. The first kappa shape index (κ1) is 13.8. The first-order valence-corrected chi connectivity index (χ1v) is 7.57. The summed E-state index contributed by atoms with van der Waals surface area (Å²) in [6.07, 6.45) is 4.70. The Bertz CT molecular complexity index is 490. The Morgan fingerprint density at radius 2 is 2.20 bits per heavy atom. The summed E-state index contributed by atoms with van der Waals surface area (Å²) in [4.78, 5) is 18.2. The maximum Gasteiger partial charge on any atom is 0.220 e. The molecule has 0 aromatic carbocycles. The van der Waals surface area contributed by atoms with Crippen LogP contribution in [0.2, 0.25) is 5.02 Å². The largest absolute Gasteiger partial charge is 0.356 e. The number of hydrogen-bond acceptors (Lipinski definition) is 3. The fraction of sp³-hybridized carbons (Fsp3) is 0.600. The van der Waals surface area contributed by atoms with E-state index in [1.165, 1.54) is 6.42 Å². The molecular weight excluding hydrogens is 274 g/mol. The molecule has 3 atom stereocenters. The number of amides is 1. The van der Waals surface area contributed by atoms with Crippen LogP contribution in [-0.4, -0.2) is 35.4 Å². The van der Waals surface area contributed by atoms with Crippen molar-refractivity contribution in [2.24, 2.45) is 11.8 Å². The van der Waals surface area contributed by atoms with E-state index in [4.69, 9.17) is 11.6 Å². The maximum absolute atomic E-state index is 11.5. The molecule has 5 heteroatoms. The molecule has 1 aromatic rings. The molecule has 108 valence electrons. The van der Waals surface area contributed by atoms with Crippen LogP contribution in [0.15, 0.2) is 18.3 Å². The molecule has 2 fully saturated rings. The van der Waals surface area contributed by atoms with Gasteiger partial charge in [-0.2, -0.15) is 0 Å². The zero-order valence-corrected chi connectivity index (χ0v) is 12.4. The van der Waals surface area contributed by atoms with Crippen LogP contribution in [0.1, 0.15) is 25.0 Å². The van der Waals surface area contributed by atoms with Gasteiger partial charge in [0.05, 0.1) is 10.7 Å². The van der Waals surface area contributed by atoms with Gasteiger partial charge in [-0.3, -0.25) is 14.7 Å². The molecule has 1 saturated heterocycles. The lowest BCUT2D eigenvalue weighted by Crippen LogP contribution is -2.38. The summed E-state index contributed by atoms with van der Waals surface area (Å²) < 4.78 is 0. The molecule has 1 amide bonds. The third-order valence-corrected chi connectivity index (χ3v) is 4.87. The van der Waals surface area contributed by atoms with Gasteiger partial charge < -0.3 is 5.32 Å². The number of hydrogen-bond donors (Lipinski definition) is 1. The number of aromatic nitrogens is 1. The number of nitrogens with one attached hydrogen (secondary N) is 1. The average molecular weight is 294 g/mol. The minimum absolute atomic E-state index is 0.217. The van der Waals surface area contributed by atoms with Crippen molar-refractivity contribution >= 4 is 17.5 Å². The van der Waals surface area contributed by atoms with Crippen molar-refractivity contribution in [3.8, 4) is 0 Å². The fourth-order valence-corrected chi connectivity index (χ4v) is 3.59. The second-order valence-corrected chi connectivity index (χ2v) is 6.47. The van der Waals surface area contributed by atoms with Crippen molar-refractivity contribution in [1.29, 1.82) is 0 Å². The summed E-state index contributed by atoms with van der Waals surface area (Å²) in [5.41, 5.74) is 1.04. The molecule has 0 bridgehead atoms. The van der Waals surface area contributed by atoms with Crippen LogP contribution in [0.3, 0.4) is 0 Å². The number of carbonyl (C=O) groups excluding carboxylic acids is 1. The van der Waals surface area contributed by atoms with E-state index < -0.39 is 0 Å². The quantitative estimate of drug-likeness (QED) is 0.928. The van der Waals surface area contributed by atoms with E-state index in [1.807, 2.05) is 12.1 Å².